The minimum Gasteiger partial charge on any atom is -0.460 e. The predicted molar refractivity (Wildman–Crippen MR) is 80.1 cm³/mol. The molecule has 20 heavy (non-hydrogen) atoms. The molecule has 0 saturated carbocycles. The summed E-state index contributed by atoms with van der Waals surface area (Å²) in [5.41, 5.74) is -0.395. The molecule has 6 nitrogen and oxygen atoms in total. The second-order valence-electron chi connectivity index (χ2n) is 6.37. The van der Waals surface area contributed by atoms with Gasteiger partial charge in [-0.1, -0.05) is 0 Å². The van der Waals surface area contributed by atoms with E-state index >= 15 is 0 Å². The third-order valence-corrected chi connectivity index (χ3v) is 3.15. The van der Waals surface area contributed by atoms with E-state index in [1.807, 2.05) is 20.8 Å². The van der Waals surface area contributed by atoms with Crippen molar-refractivity contribution in [3.8, 4) is 0 Å². The van der Waals surface area contributed by atoms with Crippen LogP contribution in [0.5, 0.6) is 0 Å². The van der Waals surface area contributed by atoms with E-state index in [4.69, 9.17) is 10.6 Å². The summed E-state index contributed by atoms with van der Waals surface area (Å²) in [6.45, 7) is 11.7. The molecule has 2 fully saturated rings. The molecular weight excluding hydrogens is 256 g/mol. The summed E-state index contributed by atoms with van der Waals surface area (Å²) in [6.07, 6.45) is 1.86. The maximum absolute atomic E-state index is 11.7. The van der Waals surface area contributed by atoms with Crippen molar-refractivity contribution in [3.05, 3.63) is 0 Å². The fourth-order valence-corrected chi connectivity index (χ4v) is 2.19. The maximum Gasteiger partial charge on any atom is 0.310 e. The fourth-order valence-electron chi connectivity index (χ4n) is 2.19. The minimum absolute atomic E-state index is 0.0482. The Hall–Kier alpha value is -0.690. The number of esters is 1. The lowest BCUT2D eigenvalue weighted by atomic mass is 9.99. The molecular formula is C14H30N4O2. The number of nitrogens with two attached hydrogens (primary N) is 1. The summed E-state index contributed by atoms with van der Waals surface area (Å²) in [6, 6.07) is 0. The molecule has 0 bridgehead atoms. The zero-order valence-corrected chi connectivity index (χ0v) is 13.1. The van der Waals surface area contributed by atoms with Gasteiger partial charge >= 0.3 is 5.97 Å². The third-order valence-electron chi connectivity index (χ3n) is 3.15. The lowest BCUT2D eigenvalue weighted by molar-refractivity contribution is -0.161. The van der Waals surface area contributed by atoms with E-state index in [1.165, 1.54) is 0 Å². The van der Waals surface area contributed by atoms with Crippen molar-refractivity contribution in [1.29, 1.82) is 0 Å². The zero-order chi connectivity index (χ0) is 15.0. The first-order valence-electron chi connectivity index (χ1n) is 7.52. The Morgan fingerprint density at radius 2 is 1.75 bits per heavy atom. The molecule has 118 valence electrons. The molecule has 0 amide bonds. The van der Waals surface area contributed by atoms with Crippen molar-refractivity contribution in [3.63, 3.8) is 0 Å². The van der Waals surface area contributed by atoms with Crippen molar-refractivity contribution in [2.45, 2.75) is 39.2 Å². The van der Waals surface area contributed by atoms with E-state index < -0.39 is 5.60 Å². The van der Waals surface area contributed by atoms with Crippen LogP contribution in [-0.2, 0) is 9.53 Å². The number of nitrogens with zero attached hydrogens (tertiary/aromatic N) is 1. The molecule has 2 aliphatic heterocycles. The lowest BCUT2D eigenvalue weighted by Gasteiger charge is -2.30. The van der Waals surface area contributed by atoms with Crippen LogP contribution in [0.3, 0.4) is 0 Å². The van der Waals surface area contributed by atoms with Gasteiger partial charge in [0.05, 0.1) is 5.92 Å². The molecule has 1 unspecified atom stereocenters. The first-order valence-corrected chi connectivity index (χ1v) is 7.52. The molecule has 0 radical (unpaired) electrons. The first kappa shape index (κ1) is 17.4. The topological polar surface area (TPSA) is 79.6 Å². The predicted octanol–water partition coefficient (Wildman–Crippen LogP) is 0.0930. The van der Waals surface area contributed by atoms with Crippen LogP contribution in [0.15, 0.2) is 0 Å². The van der Waals surface area contributed by atoms with Crippen molar-refractivity contribution >= 4 is 5.97 Å². The lowest BCUT2D eigenvalue weighted by Crippen LogP contribution is -2.44. The highest BCUT2D eigenvalue weighted by molar-refractivity contribution is 5.73. The van der Waals surface area contributed by atoms with E-state index in [1.54, 1.807) is 5.01 Å². The molecule has 0 aromatic carbocycles. The highest BCUT2D eigenvalue weighted by Gasteiger charge is 2.28. The van der Waals surface area contributed by atoms with Gasteiger partial charge < -0.3 is 15.4 Å². The van der Waals surface area contributed by atoms with E-state index in [-0.39, 0.29) is 11.9 Å². The average Bonchev–Trinajstić information content (AvgIpc) is 2.39. The van der Waals surface area contributed by atoms with Crippen LogP contribution < -0.4 is 16.5 Å². The summed E-state index contributed by atoms with van der Waals surface area (Å²) >= 11 is 0. The highest BCUT2D eigenvalue weighted by Crippen LogP contribution is 2.18. The number of carbonyl (C=O) groups excluding carboxylic acids is 1. The Morgan fingerprint density at radius 3 is 2.15 bits per heavy atom. The summed E-state index contributed by atoms with van der Waals surface area (Å²) in [4.78, 5) is 11.7. The van der Waals surface area contributed by atoms with Crippen LogP contribution in [0.25, 0.3) is 0 Å². The van der Waals surface area contributed by atoms with Gasteiger partial charge in [0.1, 0.15) is 5.60 Å². The van der Waals surface area contributed by atoms with Gasteiger partial charge in [0.2, 0.25) is 0 Å². The molecule has 2 heterocycles. The molecule has 2 aliphatic rings. The number of nitrogens with one attached hydrogen (secondary N) is 2. The maximum atomic E-state index is 11.7. The third kappa shape index (κ3) is 7.79. The summed E-state index contributed by atoms with van der Waals surface area (Å²) in [5.74, 6) is 5.49. The van der Waals surface area contributed by atoms with Crippen molar-refractivity contribution < 1.29 is 9.53 Å². The number of hydrogen-bond donors (Lipinski definition) is 3. The molecule has 2 rings (SSSR count). The second-order valence-corrected chi connectivity index (χ2v) is 6.37. The number of hydrazine groups is 1. The molecule has 0 aliphatic carbocycles. The van der Waals surface area contributed by atoms with E-state index in [0.29, 0.717) is 6.54 Å². The largest absolute Gasteiger partial charge is 0.460 e. The van der Waals surface area contributed by atoms with Crippen molar-refractivity contribution in [1.82, 2.24) is 15.6 Å². The number of hydrogen-bond acceptors (Lipinski definition) is 6. The summed E-state index contributed by atoms with van der Waals surface area (Å²) in [5, 5.41) is 8.14. The van der Waals surface area contributed by atoms with Gasteiger partial charge in [-0.25, -0.2) is 5.01 Å². The Morgan fingerprint density at radius 1 is 1.20 bits per heavy atom. The Labute approximate surface area is 122 Å². The number of rotatable bonds is 1. The van der Waals surface area contributed by atoms with Crippen LogP contribution in [0.2, 0.25) is 0 Å². The Bertz CT molecular complexity index is 276. The first-order chi connectivity index (χ1) is 9.38. The molecule has 0 aromatic heterocycles. The second kappa shape index (κ2) is 8.56. The van der Waals surface area contributed by atoms with Gasteiger partial charge in [-0.15, -0.1) is 0 Å². The van der Waals surface area contributed by atoms with Crippen LogP contribution in [0.4, 0.5) is 0 Å². The summed E-state index contributed by atoms with van der Waals surface area (Å²) in [7, 11) is 0. The SMILES string of the molecule is C1CNCCN1.CC(C)(C)OC(=O)C1CCCN(N)C1. The Kier molecular flexibility index (Phi) is 7.43. The van der Waals surface area contributed by atoms with Crippen LogP contribution >= 0.6 is 0 Å². The summed E-state index contributed by atoms with van der Waals surface area (Å²) < 4.78 is 5.30. The molecule has 0 aromatic rings. The van der Waals surface area contributed by atoms with E-state index in [0.717, 1.165) is 45.6 Å². The Balaban J connectivity index is 0.000000276. The standard InChI is InChI=1S/C10H20N2O2.C4H10N2/c1-10(2,3)14-9(13)8-5-4-6-12(11)7-8;1-2-6-4-3-5-1/h8H,4-7,11H2,1-3H3;5-6H,1-4H2. The van der Waals surface area contributed by atoms with E-state index in [2.05, 4.69) is 10.6 Å². The molecule has 6 heteroatoms. The quantitative estimate of drug-likeness (QED) is 0.468. The highest BCUT2D eigenvalue weighted by atomic mass is 16.6. The molecule has 4 N–H and O–H groups in total. The number of piperidine rings is 1. The smallest absolute Gasteiger partial charge is 0.310 e. The van der Waals surface area contributed by atoms with Crippen LogP contribution in [0.1, 0.15) is 33.6 Å². The normalized spacial score (nSPS) is 24.5. The van der Waals surface area contributed by atoms with Crippen molar-refractivity contribution in [2.75, 3.05) is 39.3 Å². The van der Waals surface area contributed by atoms with Crippen molar-refractivity contribution in [2.24, 2.45) is 11.8 Å². The number of carbonyl (C=O) groups is 1. The number of ether oxygens (including phenoxy) is 1. The van der Waals surface area contributed by atoms with E-state index in [9.17, 15) is 4.79 Å². The minimum atomic E-state index is -0.395. The van der Waals surface area contributed by atoms with Gasteiger partial charge in [-0.3, -0.25) is 10.6 Å². The van der Waals surface area contributed by atoms with Crippen LogP contribution in [0, 0.1) is 5.92 Å². The van der Waals surface area contributed by atoms with Gasteiger partial charge in [-0.05, 0) is 33.6 Å². The average molecular weight is 286 g/mol. The monoisotopic (exact) mass is 286 g/mol. The zero-order valence-electron chi connectivity index (χ0n) is 13.1. The molecule has 0 spiro atoms. The van der Waals surface area contributed by atoms with Gasteiger partial charge in [0.25, 0.3) is 0 Å². The van der Waals surface area contributed by atoms with Gasteiger partial charge in [0, 0.05) is 39.3 Å². The van der Waals surface area contributed by atoms with Crippen LogP contribution in [-0.4, -0.2) is 55.8 Å². The fraction of sp³-hybridized carbons (Fsp3) is 0.929. The number of piperazine rings is 1. The molecule has 2 saturated heterocycles. The van der Waals surface area contributed by atoms with Gasteiger partial charge in [-0.2, -0.15) is 0 Å². The van der Waals surface area contributed by atoms with Gasteiger partial charge in [0.15, 0.2) is 0 Å². The molecule has 1 atom stereocenters.